The standard InChI is InChI=1S/C11H14N2O6S/c14-11(15)5-2-6-20(18,19)12-8-9-3-1-4-10(7-9)13(16)17/h1,3-4,7,12H,2,5-6,8H2,(H,14,15). The number of carbonyl (C=O) groups is 1. The second kappa shape index (κ2) is 6.96. The van der Waals surface area contributed by atoms with Gasteiger partial charge in [-0.25, -0.2) is 13.1 Å². The molecule has 0 radical (unpaired) electrons. The van der Waals surface area contributed by atoms with Gasteiger partial charge >= 0.3 is 5.97 Å². The fraction of sp³-hybridized carbons (Fsp3) is 0.364. The predicted molar refractivity (Wildman–Crippen MR) is 70.6 cm³/mol. The number of non-ortho nitro benzene ring substituents is 1. The van der Waals surface area contributed by atoms with E-state index in [0.717, 1.165) is 0 Å². The summed E-state index contributed by atoms with van der Waals surface area (Å²) >= 11 is 0. The topological polar surface area (TPSA) is 127 Å². The van der Waals surface area contributed by atoms with Crippen molar-refractivity contribution < 1.29 is 23.2 Å². The third-order valence-electron chi connectivity index (χ3n) is 2.42. The summed E-state index contributed by atoms with van der Waals surface area (Å²) in [5.74, 6) is -1.35. The molecule has 0 aliphatic heterocycles. The summed E-state index contributed by atoms with van der Waals surface area (Å²) < 4.78 is 25.4. The molecule has 9 heteroatoms. The number of nitrogens with zero attached hydrogens (tertiary/aromatic N) is 1. The van der Waals surface area contributed by atoms with E-state index < -0.39 is 20.9 Å². The Morgan fingerprint density at radius 1 is 1.40 bits per heavy atom. The Hall–Kier alpha value is -2.00. The zero-order valence-electron chi connectivity index (χ0n) is 10.5. The first-order valence-electron chi connectivity index (χ1n) is 5.72. The molecule has 0 fully saturated rings. The van der Waals surface area contributed by atoms with E-state index in [-0.39, 0.29) is 30.8 Å². The number of nitrogens with one attached hydrogen (secondary N) is 1. The molecular formula is C11H14N2O6S. The third-order valence-corrected chi connectivity index (χ3v) is 3.83. The van der Waals surface area contributed by atoms with Crippen LogP contribution in [0.15, 0.2) is 24.3 Å². The summed E-state index contributed by atoms with van der Waals surface area (Å²) in [6, 6.07) is 5.61. The fourth-order valence-electron chi connectivity index (χ4n) is 1.46. The minimum Gasteiger partial charge on any atom is -0.481 e. The van der Waals surface area contributed by atoms with Crippen LogP contribution in [0.25, 0.3) is 0 Å². The number of rotatable bonds is 8. The molecule has 0 saturated carbocycles. The number of aliphatic carboxylic acids is 1. The van der Waals surface area contributed by atoms with Gasteiger partial charge in [-0.3, -0.25) is 14.9 Å². The number of hydrogen-bond acceptors (Lipinski definition) is 5. The maximum Gasteiger partial charge on any atom is 0.303 e. The molecule has 1 rings (SSSR count). The third kappa shape index (κ3) is 5.76. The molecule has 0 spiro atoms. The molecule has 1 aromatic rings. The van der Waals surface area contributed by atoms with E-state index in [1.807, 2.05) is 0 Å². The fourth-order valence-corrected chi connectivity index (χ4v) is 2.51. The van der Waals surface area contributed by atoms with Gasteiger partial charge in [0, 0.05) is 25.1 Å². The lowest BCUT2D eigenvalue weighted by atomic mass is 10.2. The molecule has 0 saturated heterocycles. The van der Waals surface area contributed by atoms with E-state index >= 15 is 0 Å². The molecule has 0 aliphatic carbocycles. The number of nitro benzene ring substituents is 1. The van der Waals surface area contributed by atoms with Crippen molar-refractivity contribution in [2.75, 3.05) is 5.75 Å². The van der Waals surface area contributed by atoms with Gasteiger partial charge in [-0.2, -0.15) is 0 Å². The van der Waals surface area contributed by atoms with Crippen molar-refractivity contribution >= 4 is 21.7 Å². The lowest BCUT2D eigenvalue weighted by molar-refractivity contribution is -0.384. The molecule has 0 unspecified atom stereocenters. The normalized spacial score (nSPS) is 11.2. The largest absolute Gasteiger partial charge is 0.481 e. The smallest absolute Gasteiger partial charge is 0.303 e. The van der Waals surface area contributed by atoms with Crippen molar-refractivity contribution in [2.45, 2.75) is 19.4 Å². The van der Waals surface area contributed by atoms with Crippen LogP contribution < -0.4 is 4.72 Å². The van der Waals surface area contributed by atoms with E-state index in [1.54, 1.807) is 6.07 Å². The Morgan fingerprint density at radius 3 is 2.70 bits per heavy atom. The molecule has 20 heavy (non-hydrogen) atoms. The SMILES string of the molecule is O=C(O)CCCS(=O)(=O)NCc1cccc([N+](=O)[O-])c1. The Bertz CT molecular complexity index is 599. The highest BCUT2D eigenvalue weighted by atomic mass is 32.2. The molecule has 110 valence electrons. The number of hydrogen-bond donors (Lipinski definition) is 2. The second-order valence-electron chi connectivity index (χ2n) is 4.06. The molecular weight excluding hydrogens is 288 g/mol. The van der Waals surface area contributed by atoms with Crippen LogP contribution >= 0.6 is 0 Å². The highest BCUT2D eigenvalue weighted by Crippen LogP contribution is 2.13. The highest BCUT2D eigenvalue weighted by Gasteiger charge is 2.12. The Kier molecular flexibility index (Phi) is 5.59. The molecule has 0 bridgehead atoms. The zero-order valence-corrected chi connectivity index (χ0v) is 11.3. The van der Waals surface area contributed by atoms with Crippen molar-refractivity contribution in [1.82, 2.24) is 4.72 Å². The van der Waals surface area contributed by atoms with Crippen molar-refractivity contribution in [3.05, 3.63) is 39.9 Å². The monoisotopic (exact) mass is 302 g/mol. The molecule has 0 heterocycles. The van der Waals surface area contributed by atoms with Crippen molar-refractivity contribution in [2.24, 2.45) is 0 Å². The van der Waals surface area contributed by atoms with Gasteiger partial charge in [0.2, 0.25) is 10.0 Å². The Morgan fingerprint density at radius 2 is 2.10 bits per heavy atom. The first-order chi connectivity index (χ1) is 9.30. The Labute approximate surface area is 115 Å². The lowest BCUT2D eigenvalue weighted by Crippen LogP contribution is -2.26. The molecule has 0 atom stereocenters. The van der Waals surface area contributed by atoms with Crippen molar-refractivity contribution in [3.63, 3.8) is 0 Å². The van der Waals surface area contributed by atoms with E-state index in [2.05, 4.69) is 4.72 Å². The molecule has 0 aliphatic rings. The van der Waals surface area contributed by atoms with Crippen LogP contribution in [0.2, 0.25) is 0 Å². The van der Waals surface area contributed by atoms with Crippen LogP contribution in [0.3, 0.4) is 0 Å². The minimum atomic E-state index is -3.59. The van der Waals surface area contributed by atoms with Crippen LogP contribution in [0.5, 0.6) is 0 Å². The van der Waals surface area contributed by atoms with Crippen molar-refractivity contribution in [3.8, 4) is 0 Å². The summed E-state index contributed by atoms with van der Waals surface area (Å²) in [5.41, 5.74) is 0.341. The van der Waals surface area contributed by atoms with Crippen molar-refractivity contribution in [1.29, 1.82) is 0 Å². The average Bonchev–Trinajstić information content (AvgIpc) is 2.36. The molecule has 0 aromatic heterocycles. The van der Waals surface area contributed by atoms with Crippen LogP contribution in [0.1, 0.15) is 18.4 Å². The maximum absolute atomic E-state index is 11.6. The van der Waals surface area contributed by atoms with Gasteiger partial charge in [0.05, 0.1) is 10.7 Å². The van der Waals surface area contributed by atoms with Gasteiger partial charge in [0.25, 0.3) is 5.69 Å². The van der Waals surface area contributed by atoms with E-state index in [9.17, 15) is 23.3 Å². The summed E-state index contributed by atoms with van der Waals surface area (Å²) in [6.07, 6.45) is -0.211. The van der Waals surface area contributed by atoms with Crippen LogP contribution in [-0.4, -0.2) is 30.2 Å². The summed E-state index contributed by atoms with van der Waals surface area (Å²) in [4.78, 5) is 20.3. The summed E-state index contributed by atoms with van der Waals surface area (Å²) in [6.45, 7) is -0.0723. The first kappa shape index (κ1) is 16.1. The predicted octanol–water partition coefficient (Wildman–Crippen LogP) is 0.879. The van der Waals surface area contributed by atoms with Gasteiger partial charge < -0.3 is 5.11 Å². The van der Waals surface area contributed by atoms with E-state index in [4.69, 9.17) is 5.11 Å². The minimum absolute atomic E-state index is 0.0135. The Balaban J connectivity index is 2.55. The summed E-state index contributed by atoms with van der Waals surface area (Å²) in [7, 11) is -3.59. The molecule has 8 nitrogen and oxygen atoms in total. The lowest BCUT2D eigenvalue weighted by Gasteiger charge is -2.06. The van der Waals surface area contributed by atoms with Gasteiger partial charge in [0.1, 0.15) is 0 Å². The van der Waals surface area contributed by atoms with Crippen LogP contribution in [-0.2, 0) is 21.4 Å². The number of nitro groups is 1. The van der Waals surface area contributed by atoms with E-state index in [0.29, 0.717) is 5.56 Å². The van der Waals surface area contributed by atoms with Crippen LogP contribution in [0, 0.1) is 10.1 Å². The van der Waals surface area contributed by atoms with Gasteiger partial charge in [-0.15, -0.1) is 0 Å². The summed E-state index contributed by atoms with van der Waals surface area (Å²) in [5, 5.41) is 19.0. The molecule has 2 N–H and O–H groups in total. The number of benzene rings is 1. The maximum atomic E-state index is 11.6. The van der Waals surface area contributed by atoms with Gasteiger partial charge in [-0.1, -0.05) is 12.1 Å². The highest BCUT2D eigenvalue weighted by molar-refractivity contribution is 7.89. The number of sulfonamides is 1. The number of carboxylic acids is 1. The molecule has 1 aromatic carbocycles. The quantitative estimate of drug-likeness (QED) is 0.542. The zero-order chi connectivity index (χ0) is 15.2. The number of carboxylic acid groups (broad SMARTS) is 1. The first-order valence-corrected chi connectivity index (χ1v) is 7.38. The molecule has 0 amide bonds. The van der Waals surface area contributed by atoms with E-state index in [1.165, 1.54) is 18.2 Å². The van der Waals surface area contributed by atoms with Crippen LogP contribution in [0.4, 0.5) is 5.69 Å². The van der Waals surface area contributed by atoms with Gasteiger partial charge in [-0.05, 0) is 12.0 Å². The second-order valence-corrected chi connectivity index (χ2v) is 5.99. The average molecular weight is 302 g/mol. The van der Waals surface area contributed by atoms with Gasteiger partial charge in [0.15, 0.2) is 0 Å².